The lowest BCUT2D eigenvalue weighted by Gasteiger charge is -2.07. The molecule has 0 radical (unpaired) electrons. The second-order valence-electron chi connectivity index (χ2n) is 4.34. The quantitative estimate of drug-likeness (QED) is 0.908. The average Bonchev–Trinajstić information content (AvgIpc) is 2.37. The minimum Gasteiger partial charge on any atom is -0.319 e. The summed E-state index contributed by atoms with van der Waals surface area (Å²) in [5, 5.41) is 3.04. The van der Waals surface area contributed by atoms with Gasteiger partial charge < -0.3 is 10.3 Å². The molecule has 2 N–H and O–H groups in total. The smallest absolute Gasteiger partial charge is 0.254 e. The summed E-state index contributed by atoms with van der Waals surface area (Å²) in [6.07, 6.45) is 0.684. The topological polar surface area (TPSA) is 57.8 Å². The minimum absolute atomic E-state index is 0.0577. The highest BCUT2D eigenvalue weighted by Gasteiger charge is 2.09. The number of rotatable bonds is 4. The van der Waals surface area contributed by atoms with Crippen LogP contribution in [0.25, 0.3) is 11.4 Å². The Labute approximate surface area is 120 Å². The molecule has 4 nitrogen and oxygen atoms in total. The van der Waals surface area contributed by atoms with Crippen LogP contribution >= 0.6 is 15.9 Å². The van der Waals surface area contributed by atoms with E-state index in [9.17, 15) is 4.79 Å². The van der Waals surface area contributed by atoms with Crippen molar-refractivity contribution in [3.8, 4) is 11.4 Å². The van der Waals surface area contributed by atoms with Crippen LogP contribution in [0.15, 0.2) is 33.5 Å². The second kappa shape index (κ2) is 6.12. The van der Waals surface area contributed by atoms with Gasteiger partial charge in [0.1, 0.15) is 5.82 Å². The maximum Gasteiger partial charge on any atom is 0.254 e. The summed E-state index contributed by atoms with van der Waals surface area (Å²) < 4.78 is 0.963. The predicted octanol–water partition coefficient (Wildman–Crippen LogP) is 2.27. The second-order valence-corrected chi connectivity index (χ2v) is 5.26. The van der Waals surface area contributed by atoms with E-state index in [2.05, 4.69) is 31.2 Å². The van der Waals surface area contributed by atoms with Gasteiger partial charge in [-0.2, -0.15) is 0 Å². The standard InChI is InChI=1S/C14H16BrN3O/c1-9-12(6-7-16-2)14(19)18-13(17-9)10-4-3-5-11(15)8-10/h3-5,8,16H,6-7H2,1-2H3,(H,17,18,19). The van der Waals surface area contributed by atoms with Gasteiger partial charge in [-0.15, -0.1) is 0 Å². The van der Waals surface area contributed by atoms with Crippen LogP contribution in [0.3, 0.4) is 0 Å². The summed E-state index contributed by atoms with van der Waals surface area (Å²) in [6.45, 7) is 2.64. The van der Waals surface area contributed by atoms with E-state index in [1.54, 1.807) is 0 Å². The van der Waals surface area contributed by atoms with Gasteiger partial charge in [0.2, 0.25) is 0 Å². The van der Waals surface area contributed by atoms with Crippen LogP contribution in [0, 0.1) is 6.92 Å². The molecule has 0 atom stereocenters. The van der Waals surface area contributed by atoms with Crippen LogP contribution in [-0.2, 0) is 6.42 Å². The summed E-state index contributed by atoms with van der Waals surface area (Å²) in [5.41, 5.74) is 2.37. The molecular weight excluding hydrogens is 306 g/mol. The molecule has 0 fully saturated rings. The van der Waals surface area contributed by atoms with Crippen molar-refractivity contribution in [2.45, 2.75) is 13.3 Å². The fourth-order valence-electron chi connectivity index (χ4n) is 1.93. The Kier molecular flexibility index (Phi) is 4.50. The van der Waals surface area contributed by atoms with Crippen molar-refractivity contribution in [3.05, 3.63) is 50.3 Å². The first-order valence-electron chi connectivity index (χ1n) is 6.12. The molecule has 0 spiro atoms. The Hall–Kier alpha value is -1.46. The maximum absolute atomic E-state index is 12.1. The van der Waals surface area contributed by atoms with Crippen molar-refractivity contribution in [1.82, 2.24) is 15.3 Å². The monoisotopic (exact) mass is 321 g/mol. The average molecular weight is 322 g/mol. The first-order valence-corrected chi connectivity index (χ1v) is 6.91. The highest BCUT2D eigenvalue weighted by atomic mass is 79.9. The Morgan fingerprint density at radius 2 is 2.21 bits per heavy atom. The zero-order valence-electron chi connectivity index (χ0n) is 11.0. The molecule has 100 valence electrons. The van der Waals surface area contributed by atoms with Crippen molar-refractivity contribution >= 4 is 15.9 Å². The number of nitrogens with zero attached hydrogens (tertiary/aromatic N) is 1. The maximum atomic E-state index is 12.1. The zero-order chi connectivity index (χ0) is 13.8. The van der Waals surface area contributed by atoms with Gasteiger partial charge in [-0.25, -0.2) is 4.98 Å². The molecule has 0 bridgehead atoms. The fourth-order valence-corrected chi connectivity index (χ4v) is 2.33. The summed E-state index contributed by atoms with van der Waals surface area (Å²) in [6, 6.07) is 7.72. The van der Waals surface area contributed by atoms with Gasteiger partial charge >= 0.3 is 0 Å². The van der Waals surface area contributed by atoms with Crippen molar-refractivity contribution in [2.75, 3.05) is 13.6 Å². The summed E-state index contributed by atoms with van der Waals surface area (Å²) >= 11 is 3.42. The van der Waals surface area contributed by atoms with E-state index >= 15 is 0 Å². The molecule has 0 saturated heterocycles. The molecule has 2 rings (SSSR count). The van der Waals surface area contributed by atoms with Crippen LogP contribution in [0.2, 0.25) is 0 Å². The summed E-state index contributed by atoms with van der Waals surface area (Å²) in [5.74, 6) is 0.608. The van der Waals surface area contributed by atoms with Gasteiger partial charge in [-0.05, 0) is 39.1 Å². The predicted molar refractivity (Wildman–Crippen MR) is 80.4 cm³/mol. The molecular formula is C14H16BrN3O. The van der Waals surface area contributed by atoms with Crippen molar-refractivity contribution in [3.63, 3.8) is 0 Å². The molecule has 1 heterocycles. The van der Waals surface area contributed by atoms with Crippen LogP contribution in [0.1, 0.15) is 11.3 Å². The molecule has 0 saturated carbocycles. The number of aryl methyl sites for hydroxylation is 1. The van der Waals surface area contributed by atoms with E-state index in [-0.39, 0.29) is 5.56 Å². The van der Waals surface area contributed by atoms with Gasteiger partial charge in [-0.1, -0.05) is 28.1 Å². The molecule has 0 unspecified atom stereocenters. The Morgan fingerprint density at radius 3 is 2.84 bits per heavy atom. The van der Waals surface area contributed by atoms with Crippen molar-refractivity contribution < 1.29 is 0 Å². The highest BCUT2D eigenvalue weighted by molar-refractivity contribution is 9.10. The SMILES string of the molecule is CNCCc1c(C)nc(-c2cccc(Br)c2)[nH]c1=O. The lowest BCUT2D eigenvalue weighted by atomic mass is 10.1. The third kappa shape index (κ3) is 3.30. The van der Waals surface area contributed by atoms with E-state index in [1.165, 1.54) is 0 Å². The Balaban J connectivity index is 2.42. The Morgan fingerprint density at radius 1 is 1.42 bits per heavy atom. The molecule has 1 aromatic carbocycles. The third-order valence-electron chi connectivity index (χ3n) is 2.95. The van der Waals surface area contributed by atoms with Crippen LogP contribution in [0.5, 0.6) is 0 Å². The summed E-state index contributed by atoms with van der Waals surface area (Å²) in [7, 11) is 1.87. The first-order chi connectivity index (χ1) is 9.11. The summed E-state index contributed by atoms with van der Waals surface area (Å²) in [4.78, 5) is 19.4. The number of aromatic amines is 1. The third-order valence-corrected chi connectivity index (χ3v) is 3.44. The molecule has 2 aromatic rings. The number of aromatic nitrogens is 2. The zero-order valence-corrected chi connectivity index (χ0v) is 12.5. The normalized spacial score (nSPS) is 10.7. The number of hydrogen-bond acceptors (Lipinski definition) is 3. The van der Waals surface area contributed by atoms with Gasteiger partial charge in [0.15, 0.2) is 0 Å². The molecule has 1 aromatic heterocycles. The number of hydrogen-bond donors (Lipinski definition) is 2. The van der Waals surface area contributed by atoms with Crippen LogP contribution < -0.4 is 10.9 Å². The van der Waals surface area contributed by atoms with Gasteiger partial charge in [0, 0.05) is 21.3 Å². The molecule has 0 aliphatic heterocycles. The number of H-pyrrole nitrogens is 1. The first kappa shape index (κ1) is 14.0. The van der Waals surface area contributed by atoms with E-state index < -0.39 is 0 Å². The van der Waals surface area contributed by atoms with Crippen molar-refractivity contribution in [1.29, 1.82) is 0 Å². The number of nitrogens with one attached hydrogen (secondary N) is 2. The lowest BCUT2D eigenvalue weighted by molar-refractivity contribution is 0.774. The van der Waals surface area contributed by atoms with E-state index in [0.717, 1.165) is 27.8 Å². The largest absolute Gasteiger partial charge is 0.319 e. The van der Waals surface area contributed by atoms with E-state index in [1.807, 2.05) is 38.2 Å². The molecule has 0 aliphatic rings. The van der Waals surface area contributed by atoms with E-state index in [4.69, 9.17) is 0 Å². The van der Waals surface area contributed by atoms with Gasteiger partial charge in [0.05, 0.1) is 0 Å². The van der Waals surface area contributed by atoms with Crippen LogP contribution in [0.4, 0.5) is 0 Å². The molecule has 0 aliphatic carbocycles. The molecule has 5 heteroatoms. The van der Waals surface area contributed by atoms with Gasteiger partial charge in [-0.3, -0.25) is 4.79 Å². The van der Waals surface area contributed by atoms with E-state index in [0.29, 0.717) is 12.2 Å². The highest BCUT2D eigenvalue weighted by Crippen LogP contribution is 2.19. The minimum atomic E-state index is -0.0577. The van der Waals surface area contributed by atoms with Gasteiger partial charge in [0.25, 0.3) is 5.56 Å². The molecule has 19 heavy (non-hydrogen) atoms. The Bertz CT molecular complexity index is 637. The number of likely N-dealkylation sites (N-methyl/N-ethyl adjacent to an activating group) is 1. The molecule has 0 amide bonds. The lowest BCUT2D eigenvalue weighted by Crippen LogP contribution is -2.21. The van der Waals surface area contributed by atoms with Crippen molar-refractivity contribution in [2.24, 2.45) is 0 Å². The number of halogens is 1. The fraction of sp³-hybridized carbons (Fsp3) is 0.286. The number of benzene rings is 1. The van der Waals surface area contributed by atoms with Crippen LogP contribution in [-0.4, -0.2) is 23.6 Å².